The molecule has 0 saturated heterocycles. The lowest BCUT2D eigenvalue weighted by Gasteiger charge is -2.09. The van der Waals surface area contributed by atoms with Crippen LogP contribution in [-0.4, -0.2) is 15.4 Å². The van der Waals surface area contributed by atoms with Crippen molar-refractivity contribution in [2.45, 2.75) is 10.6 Å². The molecule has 0 spiro atoms. The largest absolute Gasteiger partial charge is 0.197 e. The van der Waals surface area contributed by atoms with Gasteiger partial charge in [0.15, 0.2) is 0 Å². The number of benzene rings is 3. The van der Waals surface area contributed by atoms with Gasteiger partial charge < -0.3 is 0 Å². The van der Waals surface area contributed by atoms with Gasteiger partial charge in [0.1, 0.15) is 11.0 Å². The monoisotopic (exact) mass is 317 g/mol. The van der Waals surface area contributed by atoms with Crippen molar-refractivity contribution >= 4 is 22.8 Å². The van der Waals surface area contributed by atoms with Crippen molar-refractivity contribution in [3.8, 4) is 11.1 Å². The van der Waals surface area contributed by atoms with Crippen molar-refractivity contribution in [2.24, 2.45) is 0 Å². The Bertz CT molecular complexity index is 931. The highest BCUT2D eigenvalue weighted by molar-refractivity contribution is 7.98. The van der Waals surface area contributed by atoms with E-state index in [1.54, 1.807) is 0 Å². The van der Waals surface area contributed by atoms with Crippen LogP contribution in [-0.2, 0) is 5.75 Å². The van der Waals surface area contributed by atoms with Crippen molar-refractivity contribution in [3.63, 3.8) is 0 Å². The molecule has 4 heteroatoms. The Balaban J connectivity index is 1.66. The number of thioether (sulfide) groups is 1. The van der Waals surface area contributed by atoms with Gasteiger partial charge in [-0.3, -0.25) is 0 Å². The average Bonchev–Trinajstić information content (AvgIpc) is 3.09. The standard InChI is InChI=1S/C19H15N3S/c1-2-6-14(7-3-1)13-23-19-9-5-4-8-16(19)15-10-11-17-18(12-15)21-22-20-17/h1-12H,13H2,(H,20,21,22). The zero-order valence-electron chi connectivity index (χ0n) is 12.4. The van der Waals surface area contributed by atoms with Crippen LogP contribution in [0.5, 0.6) is 0 Å². The minimum absolute atomic E-state index is 0.892. The van der Waals surface area contributed by atoms with E-state index in [-0.39, 0.29) is 0 Å². The van der Waals surface area contributed by atoms with E-state index in [1.807, 2.05) is 17.8 Å². The molecule has 0 bridgehead atoms. The maximum absolute atomic E-state index is 4.19. The van der Waals surface area contributed by atoms with E-state index in [0.29, 0.717) is 0 Å². The van der Waals surface area contributed by atoms with E-state index in [1.165, 1.54) is 21.6 Å². The topological polar surface area (TPSA) is 41.6 Å². The Morgan fingerprint density at radius 1 is 0.783 bits per heavy atom. The van der Waals surface area contributed by atoms with Crippen molar-refractivity contribution in [1.82, 2.24) is 15.4 Å². The molecule has 3 nitrogen and oxygen atoms in total. The molecule has 0 atom stereocenters. The Morgan fingerprint density at radius 2 is 1.57 bits per heavy atom. The highest BCUT2D eigenvalue weighted by Gasteiger charge is 2.07. The molecule has 0 fully saturated rings. The van der Waals surface area contributed by atoms with Gasteiger partial charge in [0.25, 0.3) is 0 Å². The first-order chi connectivity index (χ1) is 11.4. The maximum Gasteiger partial charge on any atom is 0.113 e. The fourth-order valence-electron chi connectivity index (χ4n) is 2.57. The van der Waals surface area contributed by atoms with E-state index in [0.717, 1.165) is 16.8 Å². The smallest absolute Gasteiger partial charge is 0.113 e. The number of aromatic amines is 1. The van der Waals surface area contributed by atoms with Crippen LogP contribution in [0.25, 0.3) is 22.2 Å². The zero-order valence-corrected chi connectivity index (χ0v) is 13.3. The van der Waals surface area contributed by atoms with Crippen LogP contribution in [0.3, 0.4) is 0 Å². The third-order valence-corrected chi connectivity index (χ3v) is 4.90. The van der Waals surface area contributed by atoms with Crippen LogP contribution < -0.4 is 0 Å². The first-order valence-corrected chi connectivity index (χ1v) is 8.45. The summed E-state index contributed by atoms with van der Waals surface area (Å²) in [6, 6.07) is 25.2. The van der Waals surface area contributed by atoms with Gasteiger partial charge in [0, 0.05) is 10.6 Å². The Kier molecular flexibility index (Phi) is 3.82. The number of hydrogen-bond acceptors (Lipinski definition) is 3. The molecule has 3 aromatic carbocycles. The highest BCUT2D eigenvalue weighted by atomic mass is 32.2. The Labute approximate surface area is 138 Å². The molecule has 0 aliphatic heterocycles. The summed E-state index contributed by atoms with van der Waals surface area (Å²) in [6.45, 7) is 0. The number of H-pyrrole nitrogens is 1. The second kappa shape index (κ2) is 6.26. The molecule has 4 aromatic rings. The minimum atomic E-state index is 0.892. The van der Waals surface area contributed by atoms with Gasteiger partial charge in [-0.25, -0.2) is 0 Å². The molecule has 1 heterocycles. The molecule has 112 valence electrons. The normalized spacial score (nSPS) is 11.0. The number of rotatable bonds is 4. The van der Waals surface area contributed by atoms with E-state index >= 15 is 0 Å². The fourth-order valence-corrected chi connectivity index (χ4v) is 3.60. The predicted octanol–water partition coefficient (Wildman–Crippen LogP) is 4.92. The molecule has 0 aliphatic carbocycles. The van der Waals surface area contributed by atoms with Crippen LogP contribution in [0.2, 0.25) is 0 Å². The lowest BCUT2D eigenvalue weighted by atomic mass is 10.1. The lowest BCUT2D eigenvalue weighted by Crippen LogP contribution is -1.85. The molecule has 4 rings (SSSR count). The van der Waals surface area contributed by atoms with E-state index in [4.69, 9.17) is 0 Å². The first-order valence-electron chi connectivity index (χ1n) is 7.47. The second-order valence-corrected chi connectivity index (χ2v) is 6.31. The molecule has 0 unspecified atom stereocenters. The molecular weight excluding hydrogens is 302 g/mol. The number of nitrogens with zero attached hydrogens (tertiary/aromatic N) is 2. The van der Waals surface area contributed by atoms with Crippen molar-refractivity contribution < 1.29 is 0 Å². The number of nitrogens with one attached hydrogen (secondary N) is 1. The molecule has 0 radical (unpaired) electrons. The summed E-state index contributed by atoms with van der Waals surface area (Å²) in [5.74, 6) is 0.962. The maximum atomic E-state index is 4.19. The SMILES string of the molecule is c1ccc(CSc2ccccc2-c2ccc3n[nH]nc3c2)cc1. The molecule has 0 amide bonds. The molecule has 1 N–H and O–H groups in total. The number of hydrogen-bond donors (Lipinski definition) is 1. The van der Waals surface area contributed by atoms with Crippen LogP contribution in [0.4, 0.5) is 0 Å². The molecule has 0 saturated carbocycles. The molecular formula is C19H15N3S. The van der Waals surface area contributed by atoms with Crippen molar-refractivity contribution in [2.75, 3.05) is 0 Å². The summed E-state index contributed by atoms with van der Waals surface area (Å²) >= 11 is 1.86. The fraction of sp³-hybridized carbons (Fsp3) is 0.0526. The average molecular weight is 317 g/mol. The summed E-state index contributed by atoms with van der Waals surface area (Å²) in [4.78, 5) is 1.28. The van der Waals surface area contributed by atoms with Gasteiger partial charge in [-0.1, -0.05) is 54.6 Å². The van der Waals surface area contributed by atoms with Gasteiger partial charge in [-0.05, 0) is 34.9 Å². The van der Waals surface area contributed by atoms with Crippen LogP contribution in [0.1, 0.15) is 5.56 Å². The van der Waals surface area contributed by atoms with Gasteiger partial charge in [0.05, 0.1) is 0 Å². The number of aromatic nitrogens is 3. The van der Waals surface area contributed by atoms with Crippen molar-refractivity contribution in [1.29, 1.82) is 0 Å². The summed E-state index contributed by atoms with van der Waals surface area (Å²) in [5, 5.41) is 11.0. The predicted molar refractivity (Wildman–Crippen MR) is 95.3 cm³/mol. The summed E-state index contributed by atoms with van der Waals surface area (Å²) in [7, 11) is 0. The minimum Gasteiger partial charge on any atom is -0.197 e. The zero-order chi connectivity index (χ0) is 15.5. The first kappa shape index (κ1) is 14.0. The highest BCUT2D eigenvalue weighted by Crippen LogP contribution is 2.34. The van der Waals surface area contributed by atoms with Crippen LogP contribution in [0.15, 0.2) is 77.7 Å². The molecule has 23 heavy (non-hydrogen) atoms. The van der Waals surface area contributed by atoms with Gasteiger partial charge in [-0.15, -0.1) is 11.8 Å². The van der Waals surface area contributed by atoms with Crippen LogP contribution >= 0.6 is 11.8 Å². The quantitative estimate of drug-likeness (QED) is 0.543. The molecule has 1 aromatic heterocycles. The van der Waals surface area contributed by atoms with Crippen molar-refractivity contribution in [3.05, 3.63) is 78.4 Å². The Morgan fingerprint density at radius 3 is 2.48 bits per heavy atom. The molecule has 0 aliphatic rings. The summed E-state index contributed by atoms with van der Waals surface area (Å²) < 4.78 is 0. The van der Waals surface area contributed by atoms with Crippen LogP contribution in [0, 0.1) is 0 Å². The Hall–Kier alpha value is -2.59. The van der Waals surface area contributed by atoms with Gasteiger partial charge in [-0.2, -0.15) is 15.4 Å². The van der Waals surface area contributed by atoms with E-state index in [2.05, 4.69) is 82.1 Å². The summed E-state index contributed by atoms with van der Waals surface area (Å²) in [6.07, 6.45) is 0. The van der Waals surface area contributed by atoms with Gasteiger partial charge in [0.2, 0.25) is 0 Å². The van der Waals surface area contributed by atoms with E-state index < -0.39 is 0 Å². The second-order valence-electron chi connectivity index (χ2n) is 5.30. The summed E-state index contributed by atoms with van der Waals surface area (Å²) in [5.41, 5.74) is 5.52. The third-order valence-electron chi connectivity index (χ3n) is 3.75. The van der Waals surface area contributed by atoms with Gasteiger partial charge >= 0.3 is 0 Å². The number of fused-ring (bicyclic) bond motifs is 1. The third kappa shape index (κ3) is 2.98. The lowest BCUT2D eigenvalue weighted by molar-refractivity contribution is 0.959. The van der Waals surface area contributed by atoms with E-state index in [9.17, 15) is 0 Å².